The van der Waals surface area contributed by atoms with E-state index >= 15 is 0 Å². The van der Waals surface area contributed by atoms with Gasteiger partial charge in [0, 0.05) is 25.5 Å². The summed E-state index contributed by atoms with van der Waals surface area (Å²) in [7, 11) is 0. The Morgan fingerprint density at radius 1 is 1.42 bits per heavy atom. The summed E-state index contributed by atoms with van der Waals surface area (Å²) in [5, 5.41) is 9.04. The zero-order valence-electron chi connectivity index (χ0n) is 12.0. The predicted octanol–water partition coefficient (Wildman–Crippen LogP) is 2.65. The van der Waals surface area contributed by atoms with Crippen molar-refractivity contribution >= 4 is 5.97 Å². The molecule has 0 spiro atoms. The lowest BCUT2D eigenvalue weighted by molar-refractivity contribution is -0.141. The molecule has 4 heteroatoms. The highest BCUT2D eigenvalue weighted by Crippen LogP contribution is 2.10. The third kappa shape index (κ3) is 6.34. The van der Waals surface area contributed by atoms with Gasteiger partial charge in [-0.1, -0.05) is 26.8 Å². The smallest absolute Gasteiger partial charge is 0.307 e. The lowest BCUT2D eigenvalue weighted by Gasteiger charge is -2.25. The maximum absolute atomic E-state index is 11.0. The minimum absolute atomic E-state index is 0.344. The molecule has 0 saturated carbocycles. The number of pyridine rings is 1. The van der Waals surface area contributed by atoms with Crippen molar-refractivity contribution in [3.63, 3.8) is 0 Å². The van der Waals surface area contributed by atoms with Crippen LogP contribution in [0.2, 0.25) is 0 Å². The number of rotatable bonds is 8. The number of hydrogen-bond acceptors (Lipinski definition) is 3. The summed E-state index contributed by atoms with van der Waals surface area (Å²) in [6.45, 7) is 8.39. The first kappa shape index (κ1) is 15.6. The average molecular weight is 264 g/mol. The summed E-state index contributed by atoms with van der Waals surface area (Å²) in [5.74, 6) is -0.457. The van der Waals surface area contributed by atoms with E-state index in [0.717, 1.165) is 25.1 Å². The van der Waals surface area contributed by atoms with Crippen molar-refractivity contribution in [3.8, 4) is 0 Å². The number of aromatic nitrogens is 1. The Kier molecular flexibility index (Phi) is 6.50. The molecule has 0 aliphatic carbocycles. The molecule has 1 atom stereocenters. The third-order valence-electron chi connectivity index (χ3n) is 3.11. The van der Waals surface area contributed by atoms with E-state index in [9.17, 15) is 4.79 Å². The third-order valence-corrected chi connectivity index (χ3v) is 3.11. The summed E-state index contributed by atoms with van der Waals surface area (Å²) in [4.78, 5) is 17.3. The van der Waals surface area contributed by atoms with Crippen LogP contribution in [0.5, 0.6) is 0 Å². The Bertz CT molecular complexity index is 379. The number of aliphatic carboxylic acids is 1. The Labute approximate surface area is 115 Å². The SMILES string of the molecule is CC(C)CCN(Cc1cccnc1)CC(C)C(=O)O. The molecule has 1 unspecified atom stereocenters. The summed E-state index contributed by atoms with van der Waals surface area (Å²) in [5.41, 5.74) is 1.13. The highest BCUT2D eigenvalue weighted by molar-refractivity contribution is 5.69. The first-order chi connectivity index (χ1) is 8.99. The zero-order chi connectivity index (χ0) is 14.3. The molecule has 1 N–H and O–H groups in total. The molecule has 1 rings (SSSR count). The molecule has 106 valence electrons. The molecule has 4 nitrogen and oxygen atoms in total. The number of carboxylic acids is 1. The van der Waals surface area contributed by atoms with Crippen molar-refractivity contribution in [1.29, 1.82) is 0 Å². The summed E-state index contributed by atoms with van der Waals surface area (Å²) < 4.78 is 0. The van der Waals surface area contributed by atoms with E-state index in [1.807, 2.05) is 18.3 Å². The summed E-state index contributed by atoms with van der Waals surface area (Å²) >= 11 is 0. The van der Waals surface area contributed by atoms with Gasteiger partial charge in [-0.25, -0.2) is 0 Å². The molecule has 0 aliphatic rings. The van der Waals surface area contributed by atoms with Gasteiger partial charge in [0.2, 0.25) is 0 Å². The first-order valence-electron chi connectivity index (χ1n) is 6.83. The Morgan fingerprint density at radius 2 is 2.16 bits per heavy atom. The monoisotopic (exact) mass is 264 g/mol. The maximum Gasteiger partial charge on any atom is 0.307 e. The Hall–Kier alpha value is -1.42. The van der Waals surface area contributed by atoms with Crippen molar-refractivity contribution in [2.24, 2.45) is 11.8 Å². The molecular formula is C15H24N2O2. The molecule has 0 aliphatic heterocycles. The number of hydrogen-bond donors (Lipinski definition) is 1. The maximum atomic E-state index is 11.0. The van der Waals surface area contributed by atoms with Gasteiger partial charge >= 0.3 is 5.97 Å². The molecule has 0 bridgehead atoms. The van der Waals surface area contributed by atoms with Crippen LogP contribution in [-0.2, 0) is 11.3 Å². The fourth-order valence-electron chi connectivity index (χ4n) is 1.89. The van der Waals surface area contributed by atoms with Crippen LogP contribution in [-0.4, -0.2) is 34.0 Å². The molecule has 0 radical (unpaired) electrons. The van der Waals surface area contributed by atoms with Crippen LogP contribution < -0.4 is 0 Å². The van der Waals surface area contributed by atoms with Crippen LogP contribution in [0.25, 0.3) is 0 Å². The van der Waals surface area contributed by atoms with Gasteiger partial charge in [-0.2, -0.15) is 0 Å². The molecule has 1 aromatic rings. The normalized spacial score (nSPS) is 12.9. The second kappa shape index (κ2) is 7.89. The van der Waals surface area contributed by atoms with Gasteiger partial charge in [0.25, 0.3) is 0 Å². The first-order valence-corrected chi connectivity index (χ1v) is 6.83. The lowest BCUT2D eigenvalue weighted by Crippen LogP contribution is -2.32. The van der Waals surface area contributed by atoms with Crippen LogP contribution in [0.3, 0.4) is 0 Å². The molecule has 0 fully saturated rings. The highest BCUT2D eigenvalue weighted by atomic mass is 16.4. The van der Waals surface area contributed by atoms with E-state index in [-0.39, 0.29) is 5.92 Å². The van der Waals surface area contributed by atoms with Crippen molar-refractivity contribution in [2.45, 2.75) is 33.7 Å². The van der Waals surface area contributed by atoms with E-state index in [1.165, 1.54) is 0 Å². The quantitative estimate of drug-likeness (QED) is 0.784. The van der Waals surface area contributed by atoms with Gasteiger partial charge in [-0.05, 0) is 30.5 Å². The second-order valence-electron chi connectivity index (χ2n) is 5.52. The fourth-order valence-corrected chi connectivity index (χ4v) is 1.89. The van der Waals surface area contributed by atoms with Gasteiger partial charge in [0.15, 0.2) is 0 Å². The number of carbonyl (C=O) groups is 1. The van der Waals surface area contributed by atoms with Gasteiger partial charge in [0.05, 0.1) is 5.92 Å². The average Bonchev–Trinajstić information content (AvgIpc) is 2.37. The fraction of sp³-hybridized carbons (Fsp3) is 0.600. The van der Waals surface area contributed by atoms with E-state index in [2.05, 4.69) is 23.7 Å². The molecule has 0 amide bonds. The number of carboxylic acid groups (broad SMARTS) is 1. The molecule has 0 saturated heterocycles. The zero-order valence-corrected chi connectivity index (χ0v) is 12.0. The molecule has 19 heavy (non-hydrogen) atoms. The molecule has 0 aromatic carbocycles. The number of nitrogens with zero attached hydrogens (tertiary/aromatic N) is 2. The van der Waals surface area contributed by atoms with Crippen LogP contribution in [0.1, 0.15) is 32.8 Å². The van der Waals surface area contributed by atoms with E-state index in [0.29, 0.717) is 12.5 Å². The van der Waals surface area contributed by atoms with Crippen molar-refractivity contribution in [3.05, 3.63) is 30.1 Å². The minimum atomic E-state index is -0.735. The molecule has 1 aromatic heterocycles. The Morgan fingerprint density at radius 3 is 2.68 bits per heavy atom. The highest BCUT2D eigenvalue weighted by Gasteiger charge is 2.16. The summed E-state index contributed by atoms with van der Waals surface area (Å²) in [6.07, 6.45) is 4.67. The van der Waals surface area contributed by atoms with Crippen molar-refractivity contribution in [2.75, 3.05) is 13.1 Å². The minimum Gasteiger partial charge on any atom is -0.481 e. The standard InChI is InChI=1S/C15H24N2O2/c1-12(2)6-8-17(10-13(3)15(18)19)11-14-5-4-7-16-9-14/h4-5,7,9,12-13H,6,8,10-11H2,1-3H3,(H,18,19). The van der Waals surface area contributed by atoms with Gasteiger partial charge in [-0.3, -0.25) is 14.7 Å². The van der Waals surface area contributed by atoms with Gasteiger partial charge < -0.3 is 5.11 Å². The van der Waals surface area contributed by atoms with Gasteiger partial charge in [-0.15, -0.1) is 0 Å². The summed E-state index contributed by atoms with van der Waals surface area (Å²) in [6, 6.07) is 3.94. The molecular weight excluding hydrogens is 240 g/mol. The largest absolute Gasteiger partial charge is 0.481 e. The lowest BCUT2D eigenvalue weighted by atomic mass is 10.1. The van der Waals surface area contributed by atoms with E-state index < -0.39 is 5.97 Å². The van der Waals surface area contributed by atoms with Crippen LogP contribution >= 0.6 is 0 Å². The van der Waals surface area contributed by atoms with E-state index in [1.54, 1.807) is 13.1 Å². The molecule has 1 heterocycles. The van der Waals surface area contributed by atoms with Crippen LogP contribution in [0.4, 0.5) is 0 Å². The predicted molar refractivity (Wildman–Crippen MR) is 75.8 cm³/mol. The van der Waals surface area contributed by atoms with E-state index in [4.69, 9.17) is 5.11 Å². The topological polar surface area (TPSA) is 53.4 Å². The van der Waals surface area contributed by atoms with Crippen LogP contribution in [0.15, 0.2) is 24.5 Å². The van der Waals surface area contributed by atoms with Crippen molar-refractivity contribution < 1.29 is 9.90 Å². The Balaban J connectivity index is 2.60. The van der Waals surface area contributed by atoms with Crippen molar-refractivity contribution in [1.82, 2.24) is 9.88 Å². The second-order valence-corrected chi connectivity index (χ2v) is 5.52. The van der Waals surface area contributed by atoms with Crippen LogP contribution in [0, 0.1) is 11.8 Å². The van der Waals surface area contributed by atoms with Gasteiger partial charge in [0.1, 0.15) is 0 Å².